The second kappa shape index (κ2) is 18.2. The fraction of sp³-hybridized carbons (Fsp3) is 0.229. The Morgan fingerprint density at radius 2 is 1.07 bits per heavy atom. The molecule has 0 spiro atoms. The fourth-order valence-electron chi connectivity index (χ4n) is 4.54. The molecule has 0 aliphatic rings. The molecule has 0 aliphatic heterocycles. The Morgan fingerprint density at radius 3 is 1.50 bits per heavy atom. The predicted molar refractivity (Wildman–Crippen MR) is 205 cm³/mol. The molecule has 15 nitrogen and oxygen atoms in total. The molecule has 0 atom stereocenters. The average molecular weight is 823 g/mol. The number of nitrogens with zero attached hydrogens (tertiary/aromatic N) is 3. The molecule has 0 fully saturated rings. The van der Waals surface area contributed by atoms with E-state index in [1.807, 2.05) is 0 Å². The molecule has 54 heavy (non-hydrogen) atoms. The summed E-state index contributed by atoms with van der Waals surface area (Å²) in [5.41, 5.74) is 9.79. The summed E-state index contributed by atoms with van der Waals surface area (Å²) in [6.45, 7) is 6.99. The predicted octanol–water partition coefficient (Wildman–Crippen LogP) is 6.97. The molecule has 0 saturated carbocycles. The van der Waals surface area contributed by atoms with Crippen LogP contribution in [0.15, 0.2) is 97.9 Å². The van der Waals surface area contributed by atoms with Crippen LogP contribution in [0.25, 0.3) is 0 Å². The van der Waals surface area contributed by atoms with Crippen molar-refractivity contribution < 1.29 is 44.1 Å². The Hall–Kier alpha value is -5.23. The van der Waals surface area contributed by atoms with Crippen molar-refractivity contribution in [3.05, 3.63) is 94.0 Å². The van der Waals surface area contributed by atoms with Gasteiger partial charge in [-0.3, -0.25) is 0 Å². The van der Waals surface area contributed by atoms with Crippen molar-refractivity contribution in [2.75, 3.05) is 14.2 Å². The number of ether oxygens (including phenoxy) is 4. The van der Waals surface area contributed by atoms with Crippen molar-refractivity contribution in [1.82, 2.24) is 5.43 Å². The second-order valence-corrected chi connectivity index (χ2v) is 15.0. The zero-order valence-corrected chi connectivity index (χ0v) is 33.1. The largest absolute Gasteiger partial charge is 0.495 e. The van der Waals surface area contributed by atoms with E-state index in [1.54, 1.807) is 39.8 Å². The van der Waals surface area contributed by atoms with Gasteiger partial charge in [-0.15, -0.1) is 15.3 Å². The highest BCUT2D eigenvalue weighted by molar-refractivity contribution is 7.87. The quantitative estimate of drug-likeness (QED) is 0.0574. The third kappa shape index (κ3) is 11.4. The summed E-state index contributed by atoms with van der Waals surface area (Å²) in [7, 11) is -6.00. The zero-order chi connectivity index (χ0) is 39.6. The van der Waals surface area contributed by atoms with Crippen molar-refractivity contribution in [1.29, 1.82) is 0 Å². The van der Waals surface area contributed by atoms with Crippen LogP contribution in [-0.4, -0.2) is 48.8 Å². The van der Waals surface area contributed by atoms with Gasteiger partial charge in [0.05, 0.1) is 14.2 Å². The molecular weight excluding hydrogens is 785 g/mol. The summed E-state index contributed by atoms with van der Waals surface area (Å²) in [4.78, 5) is -0.483. The van der Waals surface area contributed by atoms with Gasteiger partial charge in [0.25, 0.3) is 0 Å². The van der Waals surface area contributed by atoms with Gasteiger partial charge in [0.15, 0.2) is 0 Å². The molecule has 0 unspecified atom stereocenters. The Kier molecular flexibility index (Phi) is 14.0. The minimum absolute atomic E-state index is 0.0202. The highest BCUT2D eigenvalue weighted by Crippen LogP contribution is 2.33. The highest BCUT2D eigenvalue weighted by Gasteiger charge is 2.24. The number of hydrogen-bond acceptors (Lipinski definition) is 13. The van der Waals surface area contributed by atoms with Crippen LogP contribution in [0.3, 0.4) is 0 Å². The van der Waals surface area contributed by atoms with Gasteiger partial charge in [-0.1, -0.05) is 37.0 Å². The van der Waals surface area contributed by atoms with Crippen molar-refractivity contribution >= 4 is 61.2 Å². The summed E-state index contributed by atoms with van der Waals surface area (Å²) >= 11 is 12.0. The van der Waals surface area contributed by atoms with Gasteiger partial charge in [-0.05, 0) is 85.6 Å². The van der Waals surface area contributed by atoms with E-state index in [1.165, 1.54) is 74.9 Å². The minimum atomic E-state index is -4.33. The first kappa shape index (κ1) is 41.5. The minimum Gasteiger partial charge on any atom is -0.495 e. The van der Waals surface area contributed by atoms with Gasteiger partial charge in [0.1, 0.15) is 44.3 Å². The third-order valence-electron chi connectivity index (χ3n) is 6.89. The van der Waals surface area contributed by atoms with Gasteiger partial charge in [0.2, 0.25) is 17.8 Å². The number of nitrogens with two attached hydrogens (primary N) is 1. The highest BCUT2D eigenvalue weighted by atomic mass is 35.5. The first-order valence-corrected chi connectivity index (χ1v) is 19.5. The van der Waals surface area contributed by atoms with E-state index in [4.69, 9.17) is 56.2 Å². The molecule has 288 valence electrons. The Bertz CT molecular complexity index is 2320. The molecule has 4 aromatic rings. The van der Waals surface area contributed by atoms with E-state index >= 15 is 0 Å². The van der Waals surface area contributed by atoms with Gasteiger partial charge in [0, 0.05) is 35.0 Å². The lowest BCUT2D eigenvalue weighted by Gasteiger charge is -2.13. The standard InChI is InChI=1S/C35H37Cl2N5O10S2/c1-7-33(49-25-13-21(3)15-27(19-25)51-53(43,44)31-17-23(36)9-11-29(31)47-5)39-41-35(38)42-40-34(8-2)50-26-14-22(4)16-28(20-26)52-54(45,46)32-18-24(37)10-12-30(32)48-6/h9-20H,7-8H2,1-6H3,(H3,38,41,42). The lowest BCUT2D eigenvalue weighted by atomic mass is 10.2. The molecule has 0 amide bonds. The number of guanidine groups is 1. The number of methoxy groups -OCH3 is 2. The molecule has 3 N–H and O–H groups in total. The van der Waals surface area contributed by atoms with Gasteiger partial charge >= 0.3 is 20.2 Å². The molecule has 4 rings (SSSR count). The van der Waals surface area contributed by atoms with Gasteiger partial charge in [-0.25, -0.2) is 5.43 Å². The number of halogens is 2. The van der Waals surface area contributed by atoms with E-state index in [-0.39, 0.29) is 78.5 Å². The molecular formula is C35H37Cl2N5O10S2. The average Bonchev–Trinajstić information content (AvgIpc) is 3.10. The fourth-order valence-corrected chi connectivity index (χ4v) is 7.23. The Morgan fingerprint density at radius 1 is 0.648 bits per heavy atom. The van der Waals surface area contributed by atoms with Crippen molar-refractivity contribution in [3.63, 3.8) is 0 Å². The summed E-state index contributed by atoms with van der Waals surface area (Å²) in [5, 5.41) is 12.5. The van der Waals surface area contributed by atoms with Gasteiger partial charge in [-0.2, -0.15) is 16.8 Å². The molecule has 0 heterocycles. The summed E-state index contributed by atoms with van der Waals surface area (Å²) in [6.07, 6.45) is 0.579. The molecule has 0 aromatic heterocycles. The monoisotopic (exact) mass is 821 g/mol. The van der Waals surface area contributed by atoms with Crippen molar-refractivity contribution in [2.45, 2.75) is 50.3 Å². The number of benzene rings is 4. The number of hydrazone groups is 1. The summed E-state index contributed by atoms with van der Waals surface area (Å²) in [6, 6.07) is 17.4. The lowest BCUT2D eigenvalue weighted by Crippen LogP contribution is -2.29. The summed E-state index contributed by atoms with van der Waals surface area (Å²) in [5.74, 6) is 0.616. The number of hydrogen-bond donors (Lipinski definition) is 2. The molecule has 0 radical (unpaired) electrons. The smallest absolute Gasteiger partial charge is 0.342 e. The molecule has 0 saturated heterocycles. The maximum absolute atomic E-state index is 13.1. The van der Waals surface area contributed by atoms with Crippen LogP contribution in [-0.2, 0) is 20.2 Å². The van der Waals surface area contributed by atoms with Crippen LogP contribution in [0.2, 0.25) is 10.0 Å². The first-order valence-electron chi connectivity index (χ1n) is 15.9. The molecule has 4 aromatic carbocycles. The molecule has 19 heteroatoms. The molecule has 0 bridgehead atoms. The normalized spacial score (nSPS) is 12.6. The van der Waals surface area contributed by atoms with Crippen LogP contribution in [0.1, 0.15) is 37.8 Å². The third-order valence-corrected chi connectivity index (χ3v) is 9.90. The van der Waals surface area contributed by atoms with E-state index in [0.29, 0.717) is 17.5 Å². The number of nitrogens with one attached hydrogen (secondary N) is 1. The number of rotatable bonds is 14. The van der Waals surface area contributed by atoms with E-state index in [2.05, 4.69) is 20.7 Å². The van der Waals surface area contributed by atoms with E-state index in [0.717, 1.165) is 0 Å². The Balaban J connectivity index is 1.45. The Labute approximate surface area is 323 Å². The maximum Gasteiger partial charge on any atom is 0.342 e. The SMILES string of the molecule is CCC(=NN=C(N)NN=C(CC)Oc1cc(C)cc(OS(=O)(=O)c2cc(Cl)ccc2OC)c1)Oc1cc(C)cc(OS(=O)(=O)c2cc(Cl)ccc2OC)c1. The molecule has 0 aliphatic carbocycles. The topological polar surface area (TPSA) is 199 Å². The first-order chi connectivity index (χ1) is 25.5. The van der Waals surface area contributed by atoms with Gasteiger partial charge < -0.3 is 33.0 Å². The van der Waals surface area contributed by atoms with Crippen LogP contribution in [0.5, 0.6) is 34.5 Å². The van der Waals surface area contributed by atoms with Crippen molar-refractivity contribution in [2.24, 2.45) is 21.0 Å². The van der Waals surface area contributed by atoms with Crippen LogP contribution in [0.4, 0.5) is 0 Å². The summed E-state index contributed by atoms with van der Waals surface area (Å²) < 4.78 is 85.2. The van der Waals surface area contributed by atoms with Crippen molar-refractivity contribution in [3.8, 4) is 34.5 Å². The lowest BCUT2D eigenvalue weighted by molar-refractivity contribution is 0.397. The van der Waals surface area contributed by atoms with E-state index < -0.39 is 20.2 Å². The van der Waals surface area contributed by atoms with Crippen LogP contribution in [0, 0.1) is 13.8 Å². The second-order valence-electron chi connectivity index (χ2n) is 11.1. The van der Waals surface area contributed by atoms with Crippen LogP contribution >= 0.6 is 23.2 Å². The maximum atomic E-state index is 13.1. The van der Waals surface area contributed by atoms with Crippen LogP contribution < -0.4 is 38.5 Å². The zero-order valence-electron chi connectivity index (χ0n) is 29.9. The number of aryl methyl sites for hydroxylation is 2. The van der Waals surface area contributed by atoms with E-state index in [9.17, 15) is 16.8 Å².